The maximum Gasteiger partial charge on any atom is 0.220 e. The van der Waals surface area contributed by atoms with Crippen molar-refractivity contribution in [3.8, 4) is 0 Å². The maximum atomic E-state index is 11.5. The Bertz CT molecular complexity index is 224. The molecule has 0 aromatic carbocycles. The lowest BCUT2D eigenvalue weighted by molar-refractivity contribution is -0.125. The molecular weight excluding hydrogens is 188 g/mol. The zero-order chi connectivity index (χ0) is 10.7. The van der Waals surface area contributed by atoms with Crippen LogP contribution in [-0.4, -0.2) is 18.5 Å². The first-order valence-corrected chi connectivity index (χ1v) is 6.29. The van der Waals surface area contributed by atoms with Crippen LogP contribution in [0.1, 0.15) is 44.9 Å². The minimum absolute atomic E-state index is 0.215. The number of hydrogen-bond acceptors (Lipinski definition) is 2. The number of hydrogen-bond donors (Lipinski definition) is 2. The van der Waals surface area contributed by atoms with E-state index in [2.05, 4.69) is 5.32 Å². The number of amides is 1. The molecule has 0 bridgehead atoms. The van der Waals surface area contributed by atoms with E-state index in [4.69, 9.17) is 5.73 Å². The topological polar surface area (TPSA) is 55.1 Å². The van der Waals surface area contributed by atoms with Crippen LogP contribution in [0.25, 0.3) is 0 Å². The first-order valence-electron chi connectivity index (χ1n) is 6.29. The Hall–Kier alpha value is -0.570. The number of carbonyl (C=O) groups is 1. The molecule has 1 amide bonds. The molecule has 1 aliphatic carbocycles. The zero-order valence-electron chi connectivity index (χ0n) is 9.37. The zero-order valence-corrected chi connectivity index (χ0v) is 9.37. The monoisotopic (exact) mass is 210 g/mol. The Labute approximate surface area is 91.8 Å². The van der Waals surface area contributed by atoms with Crippen molar-refractivity contribution in [3.05, 3.63) is 0 Å². The third-order valence-electron chi connectivity index (χ3n) is 3.96. The molecule has 1 saturated carbocycles. The van der Waals surface area contributed by atoms with Gasteiger partial charge in [0.1, 0.15) is 0 Å². The van der Waals surface area contributed by atoms with Crippen LogP contribution in [0.4, 0.5) is 0 Å². The van der Waals surface area contributed by atoms with Crippen molar-refractivity contribution in [2.75, 3.05) is 6.54 Å². The molecule has 15 heavy (non-hydrogen) atoms. The van der Waals surface area contributed by atoms with Gasteiger partial charge in [-0.05, 0) is 37.6 Å². The highest BCUT2D eigenvalue weighted by atomic mass is 16.1. The smallest absolute Gasteiger partial charge is 0.220 e. The molecule has 3 heteroatoms. The Morgan fingerprint density at radius 2 is 2.00 bits per heavy atom. The lowest BCUT2D eigenvalue weighted by Gasteiger charge is -2.36. The summed E-state index contributed by atoms with van der Waals surface area (Å²) in [6, 6.07) is 0.417. The predicted octanol–water partition coefficient (Wildman–Crippen LogP) is 1.42. The molecule has 2 rings (SSSR count). The average molecular weight is 210 g/mol. The van der Waals surface area contributed by atoms with Gasteiger partial charge < -0.3 is 11.1 Å². The van der Waals surface area contributed by atoms with Crippen molar-refractivity contribution in [1.82, 2.24) is 5.32 Å². The van der Waals surface area contributed by atoms with Crippen molar-refractivity contribution in [2.45, 2.75) is 51.0 Å². The van der Waals surface area contributed by atoms with E-state index in [1.54, 1.807) is 0 Å². The Morgan fingerprint density at radius 1 is 1.27 bits per heavy atom. The Morgan fingerprint density at radius 3 is 2.67 bits per heavy atom. The minimum Gasteiger partial charge on any atom is -0.353 e. The second-order valence-corrected chi connectivity index (χ2v) is 5.11. The molecular formula is C12H22N2O. The van der Waals surface area contributed by atoms with Gasteiger partial charge in [-0.3, -0.25) is 4.79 Å². The van der Waals surface area contributed by atoms with Gasteiger partial charge >= 0.3 is 0 Å². The molecule has 2 aliphatic rings. The summed E-state index contributed by atoms with van der Waals surface area (Å²) in [4.78, 5) is 11.5. The molecule has 0 radical (unpaired) electrons. The number of nitrogens with one attached hydrogen (secondary N) is 1. The van der Waals surface area contributed by atoms with E-state index in [1.165, 1.54) is 32.1 Å². The fourth-order valence-electron chi connectivity index (χ4n) is 3.06. The van der Waals surface area contributed by atoms with Crippen molar-refractivity contribution in [3.63, 3.8) is 0 Å². The molecule has 2 unspecified atom stereocenters. The summed E-state index contributed by atoms with van der Waals surface area (Å²) in [5, 5.41) is 3.16. The second-order valence-electron chi connectivity index (χ2n) is 5.11. The number of carbonyl (C=O) groups excluding carboxylic acids is 1. The van der Waals surface area contributed by atoms with E-state index >= 15 is 0 Å². The largest absolute Gasteiger partial charge is 0.353 e. The van der Waals surface area contributed by atoms with Crippen LogP contribution in [0.3, 0.4) is 0 Å². The average Bonchev–Trinajstić information content (AvgIpc) is 2.29. The van der Waals surface area contributed by atoms with Crippen molar-refractivity contribution >= 4 is 5.91 Å². The van der Waals surface area contributed by atoms with Crippen LogP contribution < -0.4 is 11.1 Å². The highest BCUT2D eigenvalue weighted by molar-refractivity contribution is 5.77. The van der Waals surface area contributed by atoms with Crippen molar-refractivity contribution in [1.29, 1.82) is 0 Å². The lowest BCUT2D eigenvalue weighted by atomic mass is 9.78. The third kappa shape index (κ3) is 2.71. The first kappa shape index (κ1) is 10.9. The SMILES string of the molecule is NCC1CC(=O)NC(C2CCCCC2)C1. The summed E-state index contributed by atoms with van der Waals surface area (Å²) >= 11 is 0. The second kappa shape index (κ2) is 4.97. The van der Waals surface area contributed by atoms with E-state index in [0.29, 0.717) is 24.9 Å². The standard InChI is InChI=1S/C12H22N2O/c13-8-9-6-11(14-12(15)7-9)10-4-2-1-3-5-10/h9-11H,1-8,13H2,(H,14,15). The lowest BCUT2D eigenvalue weighted by Crippen LogP contribution is -2.48. The van der Waals surface area contributed by atoms with Gasteiger partial charge in [0.15, 0.2) is 0 Å². The van der Waals surface area contributed by atoms with Gasteiger partial charge in [-0.15, -0.1) is 0 Å². The van der Waals surface area contributed by atoms with Crippen LogP contribution in [-0.2, 0) is 4.79 Å². The van der Waals surface area contributed by atoms with E-state index in [1.807, 2.05) is 0 Å². The molecule has 2 atom stereocenters. The molecule has 3 N–H and O–H groups in total. The number of nitrogens with two attached hydrogens (primary N) is 1. The summed E-state index contributed by atoms with van der Waals surface area (Å²) in [7, 11) is 0. The van der Waals surface area contributed by atoms with Gasteiger partial charge in [0, 0.05) is 12.5 Å². The maximum absolute atomic E-state index is 11.5. The molecule has 2 fully saturated rings. The summed E-state index contributed by atoms with van der Waals surface area (Å²) in [6.07, 6.45) is 8.38. The van der Waals surface area contributed by atoms with Crippen molar-refractivity contribution in [2.24, 2.45) is 17.6 Å². The predicted molar refractivity (Wildman–Crippen MR) is 60.3 cm³/mol. The highest BCUT2D eigenvalue weighted by Crippen LogP contribution is 2.31. The van der Waals surface area contributed by atoms with Crippen LogP contribution in [0.15, 0.2) is 0 Å². The molecule has 0 aromatic heterocycles. The fraction of sp³-hybridized carbons (Fsp3) is 0.917. The van der Waals surface area contributed by atoms with Crippen molar-refractivity contribution < 1.29 is 4.79 Å². The van der Waals surface area contributed by atoms with Gasteiger partial charge in [0.25, 0.3) is 0 Å². The van der Waals surface area contributed by atoms with E-state index in [0.717, 1.165) is 12.3 Å². The minimum atomic E-state index is 0.215. The summed E-state index contributed by atoms with van der Waals surface area (Å²) in [5.74, 6) is 1.36. The highest BCUT2D eigenvalue weighted by Gasteiger charge is 2.31. The quantitative estimate of drug-likeness (QED) is 0.724. The van der Waals surface area contributed by atoms with Gasteiger partial charge in [0.2, 0.25) is 5.91 Å². The Kier molecular flexibility index (Phi) is 3.62. The fourth-order valence-corrected chi connectivity index (χ4v) is 3.06. The molecule has 0 aromatic rings. The number of piperidine rings is 1. The van der Waals surface area contributed by atoms with Gasteiger partial charge in [-0.2, -0.15) is 0 Å². The van der Waals surface area contributed by atoms with E-state index in [9.17, 15) is 4.79 Å². The molecule has 1 saturated heterocycles. The van der Waals surface area contributed by atoms with Gasteiger partial charge in [0.05, 0.1) is 0 Å². The van der Waals surface area contributed by atoms with E-state index < -0.39 is 0 Å². The summed E-state index contributed by atoms with van der Waals surface area (Å²) in [5.41, 5.74) is 5.68. The molecule has 1 heterocycles. The summed E-state index contributed by atoms with van der Waals surface area (Å²) < 4.78 is 0. The van der Waals surface area contributed by atoms with E-state index in [-0.39, 0.29) is 5.91 Å². The van der Waals surface area contributed by atoms with Gasteiger partial charge in [-0.1, -0.05) is 19.3 Å². The number of rotatable bonds is 2. The Balaban J connectivity index is 1.92. The summed E-state index contributed by atoms with van der Waals surface area (Å²) in [6.45, 7) is 0.663. The van der Waals surface area contributed by atoms with Crippen LogP contribution in [0.5, 0.6) is 0 Å². The normalized spacial score (nSPS) is 33.8. The molecule has 86 valence electrons. The third-order valence-corrected chi connectivity index (χ3v) is 3.96. The first-order chi connectivity index (χ1) is 7.29. The van der Waals surface area contributed by atoms with Crippen LogP contribution in [0.2, 0.25) is 0 Å². The molecule has 3 nitrogen and oxygen atoms in total. The molecule has 0 spiro atoms. The van der Waals surface area contributed by atoms with Gasteiger partial charge in [-0.25, -0.2) is 0 Å². The molecule has 1 aliphatic heterocycles. The van der Waals surface area contributed by atoms with Crippen LogP contribution >= 0.6 is 0 Å². The van der Waals surface area contributed by atoms with Crippen LogP contribution in [0, 0.1) is 11.8 Å².